The third-order valence-corrected chi connectivity index (χ3v) is 6.64. The van der Waals surface area contributed by atoms with Crippen LogP contribution in [0.3, 0.4) is 0 Å². The van der Waals surface area contributed by atoms with Crippen LogP contribution in [0.1, 0.15) is 42.1 Å². The average molecular weight is 391 g/mol. The molecular weight excluding hydrogens is 360 g/mol. The molecule has 0 aliphatic carbocycles. The maximum absolute atomic E-state index is 2.71. The van der Waals surface area contributed by atoms with Crippen LogP contribution in [0.5, 0.6) is 0 Å². The third-order valence-electron chi connectivity index (χ3n) is 5.94. The molecule has 2 aromatic carbocycles. The van der Waals surface area contributed by atoms with Gasteiger partial charge in [0.1, 0.15) is 0 Å². The Kier molecular flexibility index (Phi) is 5.96. The molecule has 4 rings (SSSR count). The molecule has 0 bridgehead atoms. The molecule has 2 heterocycles. The van der Waals surface area contributed by atoms with Crippen molar-refractivity contribution in [2.24, 2.45) is 0 Å². The molecular formula is C25H30N2S. The predicted molar refractivity (Wildman–Crippen MR) is 120 cm³/mol. The van der Waals surface area contributed by atoms with Gasteiger partial charge >= 0.3 is 0 Å². The van der Waals surface area contributed by atoms with Crippen molar-refractivity contribution in [1.82, 2.24) is 9.80 Å². The van der Waals surface area contributed by atoms with Gasteiger partial charge in [0.15, 0.2) is 0 Å². The van der Waals surface area contributed by atoms with Gasteiger partial charge in [0.2, 0.25) is 0 Å². The van der Waals surface area contributed by atoms with Crippen LogP contribution in [0.25, 0.3) is 0 Å². The van der Waals surface area contributed by atoms with E-state index in [1.54, 1.807) is 11.3 Å². The Morgan fingerprint density at radius 3 is 2.46 bits per heavy atom. The van der Waals surface area contributed by atoms with Crippen LogP contribution in [0.2, 0.25) is 0 Å². The minimum atomic E-state index is 0.336. The zero-order valence-corrected chi connectivity index (χ0v) is 17.9. The van der Waals surface area contributed by atoms with Gasteiger partial charge in [0.25, 0.3) is 0 Å². The van der Waals surface area contributed by atoms with E-state index < -0.39 is 0 Å². The quantitative estimate of drug-likeness (QED) is 0.548. The standard InChI is InChI=1S/C25H30N2S/c1-19-8-7-11-23(14-19)25(24-12-13-28-18-24)27-16-20(2)26(15-21(27)3)17-22-9-5-4-6-10-22/h4-14,18,20-21,25H,15-17H2,1-3H3/t20-,21+,25?/m1/s1. The Labute approximate surface area is 173 Å². The molecule has 146 valence electrons. The smallest absolute Gasteiger partial charge is 0.0613 e. The first-order chi connectivity index (χ1) is 13.6. The first kappa shape index (κ1) is 19.4. The van der Waals surface area contributed by atoms with Crippen molar-refractivity contribution in [3.63, 3.8) is 0 Å². The van der Waals surface area contributed by atoms with Gasteiger partial charge in [-0.3, -0.25) is 9.80 Å². The summed E-state index contributed by atoms with van der Waals surface area (Å²) < 4.78 is 0. The lowest BCUT2D eigenvalue weighted by molar-refractivity contribution is 0.0196. The van der Waals surface area contributed by atoms with Gasteiger partial charge in [0.05, 0.1) is 6.04 Å². The molecule has 28 heavy (non-hydrogen) atoms. The van der Waals surface area contributed by atoms with Crippen molar-refractivity contribution in [1.29, 1.82) is 0 Å². The molecule has 0 spiro atoms. The van der Waals surface area contributed by atoms with E-state index in [-0.39, 0.29) is 0 Å². The van der Waals surface area contributed by atoms with Crippen LogP contribution in [0, 0.1) is 6.92 Å². The predicted octanol–water partition coefficient (Wildman–Crippen LogP) is 5.74. The summed E-state index contributed by atoms with van der Waals surface area (Å²) in [6.07, 6.45) is 0. The van der Waals surface area contributed by atoms with Gasteiger partial charge in [-0.1, -0.05) is 60.2 Å². The molecule has 1 saturated heterocycles. The maximum Gasteiger partial charge on any atom is 0.0613 e. The fourth-order valence-corrected chi connectivity index (χ4v) is 5.15. The molecule has 3 aromatic rings. The zero-order chi connectivity index (χ0) is 19.5. The van der Waals surface area contributed by atoms with Crippen molar-refractivity contribution < 1.29 is 0 Å². The second-order valence-electron chi connectivity index (χ2n) is 8.18. The molecule has 0 radical (unpaired) electrons. The van der Waals surface area contributed by atoms with E-state index in [0.29, 0.717) is 18.1 Å². The van der Waals surface area contributed by atoms with E-state index >= 15 is 0 Å². The van der Waals surface area contributed by atoms with E-state index in [9.17, 15) is 0 Å². The lowest BCUT2D eigenvalue weighted by Gasteiger charge is -2.47. The Morgan fingerprint density at radius 2 is 1.75 bits per heavy atom. The van der Waals surface area contributed by atoms with Crippen molar-refractivity contribution >= 4 is 11.3 Å². The number of piperazine rings is 1. The van der Waals surface area contributed by atoms with Gasteiger partial charge < -0.3 is 0 Å². The monoisotopic (exact) mass is 390 g/mol. The van der Waals surface area contributed by atoms with Gasteiger partial charge in [-0.05, 0) is 54.3 Å². The lowest BCUT2D eigenvalue weighted by atomic mass is 9.94. The molecule has 0 N–H and O–H groups in total. The van der Waals surface area contributed by atoms with Gasteiger partial charge in [-0.25, -0.2) is 0 Å². The van der Waals surface area contributed by atoms with Gasteiger partial charge in [-0.2, -0.15) is 11.3 Å². The summed E-state index contributed by atoms with van der Waals surface area (Å²) in [6, 6.07) is 23.6. The van der Waals surface area contributed by atoms with E-state index in [1.807, 2.05) is 0 Å². The lowest BCUT2D eigenvalue weighted by Crippen LogP contribution is -2.56. The molecule has 3 atom stereocenters. The number of benzene rings is 2. The number of nitrogens with zero attached hydrogens (tertiary/aromatic N) is 2. The SMILES string of the molecule is Cc1cccc(C(c2ccsc2)N2C[C@@H](C)N(Cc3ccccc3)C[C@@H]2C)c1. The van der Waals surface area contributed by atoms with Crippen LogP contribution in [-0.2, 0) is 6.54 Å². The van der Waals surface area contributed by atoms with E-state index in [4.69, 9.17) is 0 Å². The van der Waals surface area contributed by atoms with E-state index in [1.165, 1.54) is 22.3 Å². The fraction of sp³-hybridized carbons (Fsp3) is 0.360. The maximum atomic E-state index is 2.71. The highest BCUT2D eigenvalue weighted by Gasteiger charge is 2.34. The van der Waals surface area contributed by atoms with Crippen LogP contribution < -0.4 is 0 Å². The van der Waals surface area contributed by atoms with Crippen LogP contribution >= 0.6 is 11.3 Å². The normalized spacial score (nSPS) is 22.2. The average Bonchev–Trinajstić information content (AvgIpc) is 3.21. The van der Waals surface area contributed by atoms with Crippen molar-refractivity contribution in [2.75, 3.05) is 13.1 Å². The Balaban J connectivity index is 1.58. The fourth-order valence-electron chi connectivity index (χ4n) is 4.47. The first-order valence-corrected chi connectivity index (χ1v) is 11.2. The molecule has 1 fully saturated rings. The van der Waals surface area contributed by atoms with Crippen molar-refractivity contribution in [3.8, 4) is 0 Å². The second kappa shape index (κ2) is 8.60. The largest absolute Gasteiger partial charge is 0.294 e. The van der Waals surface area contributed by atoms with Gasteiger partial charge in [-0.15, -0.1) is 0 Å². The van der Waals surface area contributed by atoms with Crippen LogP contribution in [0.4, 0.5) is 0 Å². The minimum absolute atomic E-state index is 0.336. The zero-order valence-electron chi connectivity index (χ0n) is 17.1. The summed E-state index contributed by atoms with van der Waals surface area (Å²) in [7, 11) is 0. The minimum Gasteiger partial charge on any atom is -0.294 e. The molecule has 0 saturated carbocycles. The summed E-state index contributed by atoms with van der Waals surface area (Å²) in [5, 5.41) is 4.53. The third kappa shape index (κ3) is 4.22. The van der Waals surface area contributed by atoms with Crippen molar-refractivity contribution in [2.45, 2.75) is 45.4 Å². The Morgan fingerprint density at radius 1 is 0.929 bits per heavy atom. The summed E-state index contributed by atoms with van der Waals surface area (Å²) in [5.41, 5.74) is 5.57. The van der Waals surface area contributed by atoms with Crippen LogP contribution in [-0.4, -0.2) is 35.0 Å². The topological polar surface area (TPSA) is 6.48 Å². The molecule has 1 aliphatic rings. The first-order valence-electron chi connectivity index (χ1n) is 10.2. The van der Waals surface area contributed by atoms with Crippen LogP contribution in [0.15, 0.2) is 71.4 Å². The van der Waals surface area contributed by atoms with Crippen molar-refractivity contribution in [3.05, 3.63) is 93.7 Å². The summed E-state index contributed by atoms with van der Waals surface area (Å²) in [5.74, 6) is 0. The highest BCUT2D eigenvalue weighted by atomic mass is 32.1. The molecule has 3 heteroatoms. The highest BCUT2D eigenvalue weighted by molar-refractivity contribution is 7.08. The number of rotatable bonds is 5. The summed E-state index contributed by atoms with van der Waals surface area (Å²) in [4.78, 5) is 5.35. The summed E-state index contributed by atoms with van der Waals surface area (Å²) in [6.45, 7) is 10.2. The Bertz CT molecular complexity index is 875. The molecule has 1 unspecified atom stereocenters. The number of hydrogen-bond donors (Lipinski definition) is 0. The second-order valence-corrected chi connectivity index (χ2v) is 8.96. The van der Waals surface area contributed by atoms with E-state index in [0.717, 1.165) is 19.6 Å². The number of thiophene rings is 1. The molecule has 1 aliphatic heterocycles. The summed E-state index contributed by atoms with van der Waals surface area (Å²) >= 11 is 1.80. The van der Waals surface area contributed by atoms with E-state index in [2.05, 4.69) is 102 Å². The Hall–Kier alpha value is -1.94. The molecule has 1 aromatic heterocycles. The number of aryl methyl sites for hydroxylation is 1. The number of hydrogen-bond acceptors (Lipinski definition) is 3. The molecule has 2 nitrogen and oxygen atoms in total. The highest BCUT2D eigenvalue weighted by Crippen LogP contribution is 2.34. The van der Waals surface area contributed by atoms with Gasteiger partial charge in [0, 0.05) is 31.7 Å². The molecule has 0 amide bonds.